The zero-order valence-corrected chi connectivity index (χ0v) is 10.6. The van der Waals surface area contributed by atoms with Crippen molar-refractivity contribution in [1.29, 1.82) is 0 Å². The Balaban J connectivity index is 0. The second-order valence-corrected chi connectivity index (χ2v) is 2.45. The molecule has 0 spiro atoms. The van der Waals surface area contributed by atoms with Crippen molar-refractivity contribution in [3.8, 4) is 5.75 Å². The lowest BCUT2D eigenvalue weighted by molar-refractivity contribution is 0.414. The molecule has 0 saturated heterocycles. The van der Waals surface area contributed by atoms with Crippen molar-refractivity contribution in [3.63, 3.8) is 0 Å². The first-order valence-electron chi connectivity index (χ1n) is 5.35. The van der Waals surface area contributed by atoms with E-state index in [0.29, 0.717) is 0 Å². The number of rotatable bonds is 1. The Morgan fingerprint density at radius 1 is 0.857 bits per heavy atom. The molecule has 1 nitrogen and oxygen atoms in total. The van der Waals surface area contributed by atoms with Gasteiger partial charge in [-0.1, -0.05) is 33.8 Å². The van der Waals surface area contributed by atoms with Crippen LogP contribution in [0.5, 0.6) is 5.75 Å². The first-order valence-corrected chi connectivity index (χ1v) is 5.35. The molecular weight excluding hydrogens is 172 g/mol. The molecule has 0 radical (unpaired) electrons. The van der Waals surface area contributed by atoms with E-state index in [1.165, 1.54) is 11.1 Å². The topological polar surface area (TPSA) is 9.23 Å². The molecule has 14 heavy (non-hydrogen) atoms. The molecule has 1 aromatic rings. The van der Waals surface area contributed by atoms with Crippen LogP contribution in [0.15, 0.2) is 18.2 Å². The summed E-state index contributed by atoms with van der Waals surface area (Å²) in [6.07, 6.45) is 0. The van der Waals surface area contributed by atoms with Gasteiger partial charge in [0.15, 0.2) is 0 Å². The van der Waals surface area contributed by atoms with E-state index in [1.54, 1.807) is 7.11 Å². The van der Waals surface area contributed by atoms with Gasteiger partial charge in [-0.3, -0.25) is 0 Å². The minimum atomic E-state index is 0.933. The van der Waals surface area contributed by atoms with Gasteiger partial charge in [-0.25, -0.2) is 0 Å². The average molecular weight is 196 g/mol. The molecule has 1 aromatic carbocycles. The SMILES string of the molecule is CC.CC.COc1ccc(C)c(C)c1. The Hall–Kier alpha value is -0.980. The number of hydrogen-bond donors (Lipinski definition) is 0. The summed E-state index contributed by atoms with van der Waals surface area (Å²) in [4.78, 5) is 0. The number of aryl methyl sites for hydroxylation is 2. The Morgan fingerprint density at radius 3 is 1.71 bits per heavy atom. The molecule has 0 N–H and O–H groups in total. The Morgan fingerprint density at radius 2 is 1.36 bits per heavy atom. The molecule has 0 atom stereocenters. The van der Waals surface area contributed by atoms with Crippen LogP contribution in [0.4, 0.5) is 0 Å². The van der Waals surface area contributed by atoms with Gasteiger partial charge in [0.05, 0.1) is 7.11 Å². The van der Waals surface area contributed by atoms with Gasteiger partial charge in [0, 0.05) is 0 Å². The molecular formula is C13H24O. The van der Waals surface area contributed by atoms with Crippen LogP contribution in [0.25, 0.3) is 0 Å². The van der Waals surface area contributed by atoms with Crippen LogP contribution >= 0.6 is 0 Å². The van der Waals surface area contributed by atoms with Crippen LogP contribution in [-0.2, 0) is 0 Å². The second-order valence-electron chi connectivity index (χ2n) is 2.45. The molecule has 0 unspecified atom stereocenters. The van der Waals surface area contributed by atoms with Gasteiger partial charge < -0.3 is 4.74 Å². The third-order valence-corrected chi connectivity index (χ3v) is 1.71. The molecule has 0 amide bonds. The molecule has 1 heteroatoms. The fourth-order valence-electron chi connectivity index (χ4n) is 0.841. The van der Waals surface area contributed by atoms with Crippen molar-refractivity contribution in [2.24, 2.45) is 0 Å². The van der Waals surface area contributed by atoms with E-state index >= 15 is 0 Å². The van der Waals surface area contributed by atoms with Crippen LogP contribution < -0.4 is 4.74 Å². The zero-order valence-electron chi connectivity index (χ0n) is 10.6. The van der Waals surface area contributed by atoms with Crippen molar-refractivity contribution >= 4 is 0 Å². The Labute approximate surface area is 89.1 Å². The lowest BCUT2D eigenvalue weighted by atomic mass is 10.1. The molecule has 0 heterocycles. The molecule has 0 bridgehead atoms. The minimum absolute atomic E-state index is 0.933. The lowest BCUT2D eigenvalue weighted by Crippen LogP contribution is -1.85. The molecule has 82 valence electrons. The zero-order chi connectivity index (χ0) is 11.6. The van der Waals surface area contributed by atoms with E-state index < -0.39 is 0 Å². The molecule has 1 rings (SSSR count). The monoisotopic (exact) mass is 196 g/mol. The molecule has 0 aliphatic carbocycles. The van der Waals surface area contributed by atoms with Gasteiger partial charge >= 0.3 is 0 Å². The van der Waals surface area contributed by atoms with E-state index in [-0.39, 0.29) is 0 Å². The fraction of sp³-hybridized carbons (Fsp3) is 0.538. The summed E-state index contributed by atoms with van der Waals surface area (Å²) in [5, 5.41) is 0. The second kappa shape index (κ2) is 10.1. The van der Waals surface area contributed by atoms with E-state index in [2.05, 4.69) is 19.9 Å². The summed E-state index contributed by atoms with van der Waals surface area (Å²) < 4.78 is 5.05. The summed E-state index contributed by atoms with van der Waals surface area (Å²) >= 11 is 0. The summed E-state index contributed by atoms with van der Waals surface area (Å²) in [7, 11) is 1.68. The quantitative estimate of drug-likeness (QED) is 0.648. The van der Waals surface area contributed by atoms with Gasteiger partial charge in [0.2, 0.25) is 0 Å². The highest BCUT2D eigenvalue weighted by Gasteiger charge is 1.93. The smallest absolute Gasteiger partial charge is 0.119 e. The van der Waals surface area contributed by atoms with E-state index in [4.69, 9.17) is 4.74 Å². The van der Waals surface area contributed by atoms with Gasteiger partial charge in [-0.05, 0) is 37.1 Å². The van der Waals surface area contributed by atoms with Crippen molar-refractivity contribution in [3.05, 3.63) is 29.3 Å². The first kappa shape index (κ1) is 15.5. The van der Waals surface area contributed by atoms with Crippen molar-refractivity contribution < 1.29 is 4.74 Å². The van der Waals surface area contributed by atoms with Gasteiger partial charge in [-0.2, -0.15) is 0 Å². The van der Waals surface area contributed by atoms with E-state index in [0.717, 1.165) is 5.75 Å². The maximum absolute atomic E-state index is 5.05. The van der Waals surface area contributed by atoms with Gasteiger partial charge in [0.1, 0.15) is 5.75 Å². The number of benzene rings is 1. The lowest BCUT2D eigenvalue weighted by Gasteiger charge is -2.02. The maximum Gasteiger partial charge on any atom is 0.119 e. The van der Waals surface area contributed by atoms with Crippen molar-refractivity contribution in [2.75, 3.05) is 7.11 Å². The first-order chi connectivity index (χ1) is 6.74. The Bertz CT molecular complexity index is 229. The summed E-state index contributed by atoms with van der Waals surface area (Å²) in [6, 6.07) is 6.08. The van der Waals surface area contributed by atoms with E-state index in [1.807, 2.05) is 39.8 Å². The summed E-state index contributed by atoms with van der Waals surface area (Å²) in [6.45, 7) is 12.2. The normalized spacial score (nSPS) is 7.64. The molecule has 0 aliphatic heterocycles. The molecule has 0 saturated carbocycles. The third-order valence-electron chi connectivity index (χ3n) is 1.71. The largest absolute Gasteiger partial charge is 0.497 e. The predicted octanol–water partition coefficient (Wildman–Crippen LogP) is 4.36. The van der Waals surface area contributed by atoms with Crippen molar-refractivity contribution in [2.45, 2.75) is 41.5 Å². The minimum Gasteiger partial charge on any atom is -0.497 e. The summed E-state index contributed by atoms with van der Waals surface area (Å²) in [5.41, 5.74) is 2.58. The van der Waals surface area contributed by atoms with Crippen LogP contribution in [0.1, 0.15) is 38.8 Å². The molecule has 0 aromatic heterocycles. The van der Waals surface area contributed by atoms with Gasteiger partial charge in [0.25, 0.3) is 0 Å². The predicted molar refractivity (Wildman–Crippen MR) is 65.2 cm³/mol. The number of hydrogen-bond acceptors (Lipinski definition) is 1. The maximum atomic E-state index is 5.05. The highest BCUT2D eigenvalue weighted by atomic mass is 16.5. The standard InChI is InChI=1S/C9H12O.2C2H6/c1-7-4-5-9(10-3)6-8(7)2;2*1-2/h4-6H,1-3H3;2*1-2H3. The Kier molecular flexibility index (Phi) is 11.2. The highest BCUT2D eigenvalue weighted by Crippen LogP contribution is 2.15. The van der Waals surface area contributed by atoms with Crippen LogP contribution in [-0.4, -0.2) is 7.11 Å². The summed E-state index contributed by atoms with van der Waals surface area (Å²) in [5.74, 6) is 0.933. The third kappa shape index (κ3) is 5.63. The van der Waals surface area contributed by atoms with Gasteiger partial charge in [-0.15, -0.1) is 0 Å². The van der Waals surface area contributed by atoms with Crippen LogP contribution in [0.2, 0.25) is 0 Å². The fourth-order valence-corrected chi connectivity index (χ4v) is 0.841. The molecule has 0 aliphatic rings. The number of ether oxygens (including phenoxy) is 1. The van der Waals surface area contributed by atoms with Crippen molar-refractivity contribution in [1.82, 2.24) is 0 Å². The van der Waals surface area contributed by atoms with E-state index in [9.17, 15) is 0 Å². The molecule has 0 fully saturated rings. The highest BCUT2D eigenvalue weighted by molar-refractivity contribution is 5.33. The van der Waals surface area contributed by atoms with Crippen LogP contribution in [0, 0.1) is 13.8 Å². The average Bonchev–Trinajstić information content (AvgIpc) is 2.28. The van der Waals surface area contributed by atoms with Crippen LogP contribution in [0.3, 0.4) is 0 Å². The number of methoxy groups -OCH3 is 1.